The number of rotatable bonds is 6. The molecule has 2 rings (SSSR count). The Morgan fingerprint density at radius 2 is 2.20 bits per heavy atom. The van der Waals surface area contributed by atoms with Crippen molar-refractivity contribution in [2.45, 2.75) is 32.4 Å². The first-order chi connectivity index (χ1) is 9.60. The number of fused-ring (bicyclic) bond motifs is 1. The maximum Gasteiger partial charge on any atom is 0.326 e. The summed E-state index contributed by atoms with van der Waals surface area (Å²) in [6.45, 7) is 4.78. The van der Waals surface area contributed by atoms with E-state index >= 15 is 0 Å². The molecule has 0 aliphatic heterocycles. The van der Waals surface area contributed by atoms with E-state index in [-0.39, 0.29) is 5.97 Å². The number of para-hydroxylation sites is 2. The number of imidazole rings is 1. The van der Waals surface area contributed by atoms with Crippen molar-refractivity contribution < 1.29 is 9.53 Å². The minimum absolute atomic E-state index is 0.216. The van der Waals surface area contributed by atoms with Crippen molar-refractivity contribution in [3.63, 3.8) is 0 Å². The largest absolute Gasteiger partial charge is 0.465 e. The number of benzene rings is 1. The van der Waals surface area contributed by atoms with Gasteiger partial charge in [-0.05, 0) is 39.4 Å². The molecule has 0 aliphatic carbocycles. The van der Waals surface area contributed by atoms with E-state index in [4.69, 9.17) is 4.74 Å². The molecule has 20 heavy (non-hydrogen) atoms. The molecule has 2 aromatic rings. The molecule has 0 bridgehead atoms. The third-order valence-electron chi connectivity index (χ3n) is 3.66. The summed E-state index contributed by atoms with van der Waals surface area (Å²) in [6.07, 6.45) is 2.45. The number of likely N-dealkylation sites (N-methyl/N-ethyl adjacent to an activating group) is 1. The zero-order valence-corrected chi connectivity index (χ0v) is 12.2. The lowest BCUT2D eigenvalue weighted by Crippen LogP contribution is -2.49. The Hall–Kier alpha value is -1.88. The summed E-state index contributed by atoms with van der Waals surface area (Å²) in [4.78, 5) is 16.4. The summed E-state index contributed by atoms with van der Waals surface area (Å²) >= 11 is 0. The third-order valence-corrected chi connectivity index (χ3v) is 3.66. The van der Waals surface area contributed by atoms with Crippen LogP contribution in [-0.4, -0.2) is 34.7 Å². The predicted molar refractivity (Wildman–Crippen MR) is 78.4 cm³/mol. The molecule has 1 aromatic heterocycles. The van der Waals surface area contributed by atoms with Gasteiger partial charge >= 0.3 is 5.97 Å². The van der Waals surface area contributed by atoms with Gasteiger partial charge in [-0.25, -0.2) is 4.98 Å². The van der Waals surface area contributed by atoms with Gasteiger partial charge in [0.05, 0.1) is 24.0 Å². The molecule has 0 amide bonds. The number of ether oxygens (including phenoxy) is 1. The molecular weight excluding hydrogens is 254 g/mol. The highest BCUT2D eigenvalue weighted by molar-refractivity contribution is 5.80. The van der Waals surface area contributed by atoms with E-state index < -0.39 is 5.54 Å². The molecule has 108 valence electrons. The van der Waals surface area contributed by atoms with Gasteiger partial charge in [0.25, 0.3) is 0 Å². The highest BCUT2D eigenvalue weighted by atomic mass is 16.5. The molecule has 5 nitrogen and oxygen atoms in total. The minimum atomic E-state index is -0.679. The average Bonchev–Trinajstić information content (AvgIpc) is 2.88. The molecule has 1 aromatic carbocycles. The van der Waals surface area contributed by atoms with Gasteiger partial charge < -0.3 is 14.6 Å². The minimum Gasteiger partial charge on any atom is -0.465 e. The number of nitrogens with zero attached hydrogens (tertiary/aromatic N) is 2. The number of nitrogens with one attached hydrogen (secondary N) is 1. The summed E-state index contributed by atoms with van der Waals surface area (Å²) in [6, 6.07) is 7.97. The second kappa shape index (κ2) is 6.05. The summed E-state index contributed by atoms with van der Waals surface area (Å²) < 4.78 is 7.19. The Morgan fingerprint density at radius 3 is 2.90 bits per heavy atom. The molecule has 0 spiro atoms. The molecule has 1 unspecified atom stereocenters. The van der Waals surface area contributed by atoms with Gasteiger partial charge in [-0.1, -0.05) is 12.1 Å². The van der Waals surface area contributed by atoms with E-state index in [0.29, 0.717) is 19.6 Å². The Balaban J connectivity index is 2.12. The van der Waals surface area contributed by atoms with E-state index in [1.54, 1.807) is 7.05 Å². The first-order valence-corrected chi connectivity index (χ1v) is 6.86. The lowest BCUT2D eigenvalue weighted by Gasteiger charge is -2.26. The van der Waals surface area contributed by atoms with E-state index in [0.717, 1.165) is 11.0 Å². The second-order valence-corrected chi connectivity index (χ2v) is 4.98. The van der Waals surface area contributed by atoms with Crippen LogP contribution in [0.3, 0.4) is 0 Å². The highest BCUT2D eigenvalue weighted by Gasteiger charge is 2.32. The number of hydrogen-bond acceptors (Lipinski definition) is 4. The predicted octanol–water partition coefficient (Wildman–Crippen LogP) is 1.97. The van der Waals surface area contributed by atoms with E-state index in [2.05, 4.69) is 14.9 Å². The molecule has 5 heteroatoms. The van der Waals surface area contributed by atoms with Gasteiger partial charge in [0.2, 0.25) is 0 Å². The maximum atomic E-state index is 12.0. The van der Waals surface area contributed by atoms with E-state index in [1.807, 2.05) is 44.4 Å². The maximum absolute atomic E-state index is 12.0. The standard InChI is InChI=1S/C15H21N3O2/c1-4-20-14(19)15(2,16-3)9-10-18-11-17-12-7-5-6-8-13(12)18/h5-8,11,16H,4,9-10H2,1-3H3. The number of carbonyl (C=O) groups is 1. The molecule has 0 saturated carbocycles. The van der Waals surface area contributed by atoms with Crippen molar-refractivity contribution in [1.82, 2.24) is 14.9 Å². The van der Waals surface area contributed by atoms with Gasteiger partial charge in [-0.2, -0.15) is 0 Å². The topological polar surface area (TPSA) is 56.2 Å². The number of aryl methyl sites for hydroxylation is 1. The highest BCUT2D eigenvalue weighted by Crippen LogP contribution is 2.17. The number of carbonyl (C=O) groups excluding carboxylic acids is 1. The molecule has 0 radical (unpaired) electrons. The summed E-state index contributed by atoms with van der Waals surface area (Å²) in [5, 5.41) is 3.07. The van der Waals surface area contributed by atoms with Crippen LogP contribution in [0, 0.1) is 0 Å². The van der Waals surface area contributed by atoms with Crippen molar-refractivity contribution in [2.75, 3.05) is 13.7 Å². The monoisotopic (exact) mass is 275 g/mol. The van der Waals surface area contributed by atoms with Crippen LogP contribution in [0.5, 0.6) is 0 Å². The number of aromatic nitrogens is 2. The average molecular weight is 275 g/mol. The van der Waals surface area contributed by atoms with Crippen LogP contribution < -0.4 is 5.32 Å². The first kappa shape index (κ1) is 14.5. The summed E-state index contributed by atoms with van der Waals surface area (Å²) in [5.74, 6) is -0.216. The van der Waals surface area contributed by atoms with Crippen LogP contribution in [-0.2, 0) is 16.1 Å². The van der Waals surface area contributed by atoms with Gasteiger partial charge in [0.15, 0.2) is 0 Å². The number of hydrogen-bond donors (Lipinski definition) is 1. The molecule has 1 heterocycles. The van der Waals surface area contributed by atoms with Crippen LogP contribution in [0.15, 0.2) is 30.6 Å². The summed E-state index contributed by atoms with van der Waals surface area (Å²) in [7, 11) is 1.78. The van der Waals surface area contributed by atoms with Crippen molar-refractivity contribution in [3.05, 3.63) is 30.6 Å². The molecule has 0 saturated heterocycles. The number of esters is 1. The third kappa shape index (κ3) is 2.82. The second-order valence-electron chi connectivity index (χ2n) is 4.98. The van der Waals surface area contributed by atoms with E-state index in [9.17, 15) is 4.79 Å². The van der Waals surface area contributed by atoms with Gasteiger partial charge in [0, 0.05) is 6.54 Å². The normalized spacial score (nSPS) is 14.2. The Labute approximate surface area is 118 Å². The Morgan fingerprint density at radius 1 is 1.45 bits per heavy atom. The Bertz CT molecular complexity index is 594. The van der Waals surface area contributed by atoms with Crippen LogP contribution in [0.2, 0.25) is 0 Å². The SMILES string of the molecule is CCOC(=O)C(C)(CCn1cnc2ccccc21)NC. The molecule has 1 atom stereocenters. The summed E-state index contributed by atoms with van der Waals surface area (Å²) in [5.41, 5.74) is 1.37. The fourth-order valence-electron chi connectivity index (χ4n) is 2.15. The lowest BCUT2D eigenvalue weighted by atomic mass is 9.98. The lowest BCUT2D eigenvalue weighted by molar-refractivity contribution is -0.150. The van der Waals surface area contributed by atoms with Gasteiger partial charge in [-0.3, -0.25) is 4.79 Å². The fourth-order valence-corrected chi connectivity index (χ4v) is 2.15. The van der Waals surface area contributed by atoms with Crippen molar-refractivity contribution in [3.8, 4) is 0 Å². The molecule has 0 aliphatic rings. The van der Waals surface area contributed by atoms with Gasteiger partial charge in [0.1, 0.15) is 5.54 Å². The first-order valence-electron chi connectivity index (χ1n) is 6.86. The molecular formula is C15H21N3O2. The molecule has 0 fully saturated rings. The van der Waals surface area contributed by atoms with Gasteiger partial charge in [-0.15, -0.1) is 0 Å². The van der Waals surface area contributed by atoms with Crippen molar-refractivity contribution in [2.24, 2.45) is 0 Å². The van der Waals surface area contributed by atoms with Crippen molar-refractivity contribution >= 4 is 17.0 Å². The Kier molecular flexibility index (Phi) is 4.39. The quantitative estimate of drug-likeness (QED) is 0.819. The zero-order valence-electron chi connectivity index (χ0n) is 12.2. The van der Waals surface area contributed by atoms with Crippen molar-refractivity contribution in [1.29, 1.82) is 0 Å². The molecule has 1 N–H and O–H groups in total. The van der Waals surface area contributed by atoms with Crippen LogP contribution in [0.1, 0.15) is 20.3 Å². The van der Waals surface area contributed by atoms with Crippen LogP contribution in [0.4, 0.5) is 0 Å². The van der Waals surface area contributed by atoms with E-state index in [1.165, 1.54) is 0 Å². The van der Waals surface area contributed by atoms with Crippen LogP contribution in [0.25, 0.3) is 11.0 Å². The fraction of sp³-hybridized carbons (Fsp3) is 0.467. The van der Waals surface area contributed by atoms with Crippen LogP contribution >= 0.6 is 0 Å². The smallest absolute Gasteiger partial charge is 0.326 e. The zero-order chi connectivity index (χ0) is 14.6.